The molecule has 0 spiro atoms. The van der Waals surface area contributed by atoms with Crippen molar-refractivity contribution in [1.29, 1.82) is 0 Å². The first-order valence-electron chi connectivity index (χ1n) is 11.7. The standard InChI is InChI=1S/C28H24FN5O3/c1-19-8-2-3-12-23(19)27(28(36)30-17-22-11-7-15-37-22)34(21-10-6-9-20(29)16-21)26(35)18-33-25-14-5-4-13-24(25)31-32-33/h2-16,27H,17-18H2,1H3,(H,30,36)/t27-/m0/s1. The Morgan fingerprint density at radius 1 is 1.03 bits per heavy atom. The van der Waals surface area contributed by atoms with Gasteiger partial charge < -0.3 is 9.73 Å². The SMILES string of the molecule is Cc1ccccc1[C@@H](C(=O)NCc1ccco1)N(C(=O)Cn1nnc2ccccc21)c1cccc(F)c1. The topological polar surface area (TPSA) is 93.3 Å². The number of anilines is 1. The lowest BCUT2D eigenvalue weighted by Crippen LogP contribution is -2.45. The Labute approximate surface area is 212 Å². The van der Waals surface area contributed by atoms with Crippen molar-refractivity contribution in [1.82, 2.24) is 20.3 Å². The van der Waals surface area contributed by atoms with Crippen LogP contribution < -0.4 is 10.2 Å². The summed E-state index contributed by atoms with van der Waals surface area (Å²) in [5.41, 5.74) is 2.97. The van der Waals surface area contributed by atoms with Crippen molar-refractivity contribution >= 4 is 28.5 Å². The lowest BCUT2D eigenvalue weighted by Gasteiger charge is -2.32. The molecule has 0 unspecified atom stereocenters. The first-order valence-corrected chi connectivity index (χ1v) is 11.7. The van der Waals surface area contributed by atoms with Crippen molar-refractivity contribution < 1.29 is 18.4 Å². The molecule has 5 rings (SSSR count). The zero-order valence-electron chi connectivity index (χ0n) is 20.0. The van der Waals surface area contributed by atoms with Gasteiger partial charge in [-0.1, -0.05) is 47.7 Å². The molecule has 186 valence electrons. The Kier molecular flexibility index (Phi) is 6.76. The second-order valence-corrected chi connectivity index (χ2v) is 8.54. The monoisotopic (exact) mass is 497 g/mol. The van der Waals surface area contributed by atoms with E-state index in [9.17, 15) is 14.0 Å². The summed E-state index contributed by atoms with van der Waals surface area (Å²) < 4.78 is 21.2. The lowest BCUT2D eigenvalue weighted by atomic mass is 9.98. The Hall–Kier alpha value is -4.79. The molecule has 0 aliphatic rings. The maximum absolute atomic E-state index is 14.4. The van der Waals surface area contributed by atoms with Crippen LogP contribution in [0.3, 0.4) is 0 Å². The van der Waals surface area contributed by atoms with E-state index < -0.39 is 23.7 Å². The van der Waals surface area contributed by atoms with Crippen LogP contribution in [0.15, 0.2) is 95.6 Å². The van der Waals surface area contributed by atoms with Crippen molar-refractivity contribution in [2.75, 3.05) is 4.90 Å². The normalized spacial score (nSPS) is 11.8. The molecule has 5 aromatic rings. The molecule has 1 N–H and O–H groups in total. The summed E-state index contributed by atoms with van der Waals surface area (Å²) in [6.45, 7) is 1.79. The van der Waals surface area contributed by atoms with Gasteiger partial charge in [0.05, 0.1) is 18.3 Å². The molecule has 0 bridgehead atoms. The molecule has 8 nitrogen and oxygen atoms in total. The van der Waals surface area contributed by atoms with E-state index in [2.05, 4.69) is 15.6 Å². The highest BCUT2D eigenvalue weighted by Crippen LogP contribution is 2.31. The quantitative estimate of drug-likeness (QED) is 0.339. The predicted molar refractivity (Wildman–Crippen MR) is 136 cm³/mol. The minimum atomic E-state index is -1.08. The molecular weight excluding hydrogens is 473 g/mol. The van der Waals surface area contributed by atoms with Crippen LogP contribution in [-0.2, 0) is 22.7 Å². The van der Waals surface area contributed by atoms with Gasteiger partial charge in [0.1, 0.15) is 29.7 Å². The number of hydrogen-bond donors (Lipinski definition) is 1. The van der Waals surface area contributed by atoms with Crippen LogP contribution >= 0.6 is 0 Å². The molecule has 0 aliphatic heterocycles. The van der Waals surface area contributed by atoms with Gasteiger partial charge in [0.15, 0.2) is 0 Å². The van der Waals surface area contributed by atoms with E-state index in [4.69, 9.17) is 4.42 Å². The van der Waals surface area contributed by atoms with Gasteiger partial charge in [0.2, 0.25) is 11.8 Å². The van der Waals surface area contributed by atoms with Crippen molar-refractivity contribution in [2.45, 2.75) is 26.1 Å². The Bertz CT molecular complexity index is 1550. The molecule has 37 heavy (non-hydrogen) atoms. The summed E-state index contributed by atoms with van der Waals surface area (Å²) in [5, 5.41) is 11.1. The number of carbonyl (C=O) groups is 2. The van der Waals surface area contributed by atoms with E-state index in [1.807, 2.05) is 37.3 Å². The molecule has 9 heteroatoms. The van der Waals surface area contributed by atoms with Crippen LogP contribution in [0, 0.1) is 12.7 Å². The third-order valence-corrected chi connectivity index (χ3v) is 6.07. The van der Waals surface area contributed by atoms with E-state index >= 15 is 0 Å². The maximum atomic E-state index is 14.4. The van der Waals surface area contributed by atoms with Gasteiger partial charge in [-0.2, -0.15) is 0 Å². The molecular formula is C28H24FN5O3. The van der Waals surface area contributed by atoms with Gasteiger partial charge in [-0.25, -0.2) is 9.07 Å². The van der Waals surface area contributed by atoms with E-state index in [0.29, 0.717) is 22.4 Å². The fourth-order valence-corrected chi connectivity index (χ4v) is 4.28. The highest BCUT2D eigenvalue weighted by molar-refractivity contribution is 6.01. The summed E-state index contributed by atoms with van der Waals surface area (Å²) in [6.07, 6.45) is 1.52. The van der Waals surface area contributed by atoms with Crippen LogP contribution in [0.2, 0.25) is 0 Å². The van der Waals surface area contributed by atoms with Crippen LogP contribution in [0.1, 0.15) is 22.9 Å². The average Bonchev–Trinajstić information content (AvgIpc) is 3.57. The molecule has 0 saturated carbocycles. The van der Waals surface area contributed by atoms with E-state index in [1.165, 1.54) is 34.0 Å². The fourth-order valence-electron chi connectivity index (χ4n) is 4.28. The first-order chi connectivity index (χ1) is 18.0. The van der Waals surface area contributed by atoms with Gasteiger partial charge in [-0.05, 0) is 60.5 Å². The second-order valence-electron chi connectivity index (χ2n) is 8.54. The van der Waals surface area contributed by atoms with Crippen molar-refractivity contribution in [2.24, 2.45) is 0 Å². The number of rotatable bonds is 8. The van der Waals surface area contributed by atoms with Crippen molar-refractivity contribution in [3.05, 3.63) is 114 Å². The largest absolute Gasteiger partial charge is 0.467 e. The molecule has 3 aromatic carbocycles. The number of hydrogen-bond acceptors (Lipinski definition) is 5. The Morgan fingerprint density at radius 2 is 1.84 bits per heavy atom. The fraction of sp³-hybridized carbons (Fsp3) is 0.143. The number of furan rings is 1. The maximum Gasteiger partial charge on any atom is 0.249 e. The molecule has 2 amide bonds. The summed E-state index contributed by atoms with van der Waals surface area (Å²) in [4.78, 5) is 29.0. The highest BCUT2D eigenvalue weighted by Gasteiger charge is 2.34. The van der Waals surface area contributed by atoms with Gasteiger partial charge >= 0.3 is 0 Å². The number of nitrogens with zero attached hydrogens (tertiary/aromatic N) is 4. The number of nitrogens with one attached hydrogen (secondary N) is 1. The lowest BCUT2D eigenvalue weighted by molar-refractivity contribution is -0.127. The van der Waals surface area contributed by atoms with Gasteiger partial charge in [0.25, 0.3) is 0 Å². The Morgan fingerprint density at radius 3 is 2.62 bits per heavy atom. The van der Waals surface area contributed by atoms with Crippen LogP contribution in [-0.4, -0.2) is 26.8 Å². The van der Waals surface area contributed by atoms with Crippen molar-refractivity contribution in [3.8, 4) is 0 Å². The third-order valence-electron chi connectivity index (χ3n) is 6.07. The summed E-state index contributed by atoms with van der Waals surface area (Å²) in [6, 6.07) is 22.6. The number of aromatic nitrogens is 3. The Balaban J connectivity index is 1.57. The number of carbonyl (C=O) groups excluding carboxylic acids is 2. The first kappa shape index (κ1) is 23.9. The molecule has 2 heterocycles. The molecule has 2 aromatic heterocycles. The summed E-state index contributed by atoms with van der Waals surface area (Å²) >= 11 is 0. The van der Waals surface area contributed by atoms with Crippen LogP contribution in [0.5, 0.6) is 0 Å². The van der Waals surface area contributed by atoms with E-state index in [-0.39, 0.29) is 18.8 Å². The van der Waals surface area contributed by atoms with E-state index in [0.717, 1.165) is 5.56 Å². The van der Waals surface area contributed by atoms with Gasteiger partial charge in [-0.15, -0.1) is 5.10 Å². The second kappa shape index (κ2) is 10.4. The summed E-state index contributed by atoms with van der Waals surface area (Å²) in [7, 11) is 0. The molecule has 0 aliphatic carbocycles. The average molecular weight is 498 g/mol. The van der Waals surface area contributed by atoms with Crippen LogP contribution in [0.25, 0.3) is 11.0 Å². The smallest absolute Gasteiger partial charge is 0.249 e. The minimum absolute atomic E-state index is 0.132. The number of amides is 2. The zero-order valence-corrected chi connectivity index (χ0v) is 20.0. The highest BCUT2D eigenvalue weighted by atomic mass is 19.1. The summed E-state index contributed by atoms with van der Waals surface area (Å²) in [5.74, 6) is -0.856. The number of benzene rings is 3. The molecule has 1 atom stereocenters. The van der Waals surface area contributed by atoms with Crippen molar-refractivity contribution in [3.63, 3.8) is 0 Å². The predicted octanol–water partition coefficient (Wildman–Crippen LogP) is 4.56. The van der Waals surface area contributed by atoms with Gasteiger partial charge in [0, 0.05) is 5.69 Å². The third kappa shape index (κ3) is 5.11. The number of fused-ring (bicyclic) bond motifs is 1. The number of para-hydroxylation sites is 1. The van der Waals surface area contributed by atoms with Gasteiger partial charge in [-0.3, -0.25) is 14.5 Å². The molecule has 0 radical (unpaired) electrons. The number of aryl methyl sites for hydroxylation is 1. The zero-order chi connectivity index (χ0) is 25.8. The van der Waals surface area contributed by atoms with E-state index in [1.54, 1.807) is 36.4 Å². The van der Waals surface area contributed by atoms with Crippen LogP contribution in [0.4, 0.5) is 10.1 Å². The molecule has 0 fully saturated rings. The number of halogens is 1. The molecule has 0 saturated heterocycles. The minimum Gasteiger partial charge on any atom is -0.467 e.